The van der Waals surface area contributed by atoms with Crippen molar-refractivity contribution < 1.29 is 0 Å². The van der Waals surface area contributed by atoms with E-state index >= 15 is 0 Å². The quantitative estimate of drug-likeness (QED) is 0.593. The molecule has 0 spiro atoms. The van der Waals surface area contributed by atoms with Gasteiger partial charge in [-0.1, -0.05) is 17.7 Å². The molecular formula is C10H12N. The number of nitrogens with one attached hydrogen (secondary N) is 1. The summed E-state index contributed by atoms with van der Waals surface area (Å²) >= 11 is 0. The molecule has 11 heavy (non-hydrogen) atoms. The topological polar surface area (TPSA) is 12.0 Å². The SMILES string of the molecule is Cc1ccc2c(c1)CC[CH]N2. The lowest BCUT2D eigenvalue weighted by atomic mass is 10.0. The van der Waals surface area contributed by atoms with Gasteiger partial charge < -0.3 is 5.32 Å². The molecule has 0 aliphatic carbocycles. The Kier molecular flexibility index (Phi) is 1.57. The summed E-state index contributed by atoms with van der Waals surface area (Å²) in [6.45, 7) is 4.26. The van der Waals surface area contributed by atoms with E-state index in [9.17, 15) is 0 Å². The van der Waals surface area contributed by atoms with Crippen molar-refractivity contribution in [2.75, 3.05) is 5.32 Å². The van der Waals surface area contributed by atoms with Crippen LogP contribution in [0.3, 0.4) is 0 Å². The van der Waals surface area contributed by atoms with Crippen molar-refractivity contribution in [2.45, 2.75) is 19.8 Å². The fourth-order valence-corrected chi connectivity index (χ4v) is 1.48. The molecule has 0 saturated heterocycles. The van der Waals surface area contributed by atoms with Gasteiger partial charge in [-0.05, 0) is 31.4 Å². The molecule has 2 rings (SSSR count). The Labute approximate surface area is 67.4 Å². The van der Waals surface area contributed by atoms with E-state index in [1.165, 1.54) is 23.2 Å². The normalized spacial score (nSPS) is 15.4. The molecule has 0 unspecified atom stereocenters. The number of anilines is 1. The molecule has 0 amide bonds. The van der Waals surface area contributed by atoms with Gasteiger partial charge in [-0.15, -0.1) is 0 Å². The lowest BCUT2D eigenvalue weighted by Gasteiger charge is -2.17. The lowest BCUT2D eigenvalue weighted by Crippen LogP contribution is -2.06. The van der Waals surface area contributed by atoms with Gasteiger partial charge in [-0.2, -0.15) is 0 Å². The molecule has 1 radical (unpaired) electrons. The third-order valence-corrected chi connectivity index (χ3v) is 2.08. The maximum atomic E-state index is 3.26. The van der Waals surface area contributed by atoms with Crippen molar-refractivity contribution in [2.24, 2.45) is 0 Å². The van der Waals surface area contributed by atoms with Gasteiger partial charge in [0.05, 0.1) is 0 Å². The zero-order valence-corrected chi connectivity index (χ0v) is 6.72. The summed E-state index contributed by atoms with van der Waals surface area (Å²) in [5, 5.41) is 3.26. The highest BCUT2D eigenvalue weighted by Gasteiger charge is 2.06. The molecular weight excluding hydrogens is 134 g/mol. The van der Waals surface area contributed by atoms with E-state index in [-0.39, 0.29) is 0 Å². The summed E-state index contributed by atoms with van der Waals surface area (Å²) < 4.78 is 0. The van der Waals surface area contributed by atoms with Crippen LogP contribution in [0.25, 0.3) is 0 Å². The van der Waals surface area contributed by atoms with Crippen LogP contribution in [0.5, 0.6) is 0 Å². The van der Waals surface area contributed by atoms with Crippen molar-refractivity contribution in [1.29, 1.82) is 0 Å². The first-order valence-corrected chi connectivity index (χ1v) is 4.04. The Morgan fingerprint density at radius 2 is 2.27 bits per heavy atom. The number of hydrogen-bond donors (Lipinski definition) is 1. The molecule has 1 aliphatic heterocycles. The Morgan fingerprint density at radius 3 is 3.18 bits per heavy atom. The highest BCUT2D eigenvalue weighted by atomic mass is 14.9. The zero-order chi connectivity index (χ0) is 7.68. The number of hydrogen-bond acceptors (Lipinski definition) is 1. The first kappa shape index (κ1) is 6.71. The van der Waals surface area contributed by atoms with E-state index in [1.54, 1.807) is 0 Å². The van der Waals surface area contributed by atoms with Crippen LogP contribution < -0.4 is 5.32 Å². The Bertz CT molecular complexity index is 266. The minimum Gasteiger partial charge on any atom is -0.380 e. The second kappa shape index (κ2) is 2.57. The third kappa shape index (κ3) is 1.23. The van der Waals surface area contributed by atoms with Crippen LogP contribution in [0.2, 0.25) is 0 Å². The zero-order valence-electron chi connectivity index (χ0n) is 6.72. The van der Waals surface area contributed by atoms with Gasteiger partial charge in [0.25, 0.3) is 0 Å². The smallest absolute Gasteiger partial charge is 0.0466 e. The molecule has 0 saturated carbocycles. The van der Waals surface area contributed by atoms with E-state index in [2.05, 4.69) is 37.0 Å². The molecule has 0 aromatic heterocycles. The molecule has 57 valence electrons. The molecule has 0 fully saturated rings. The van der Waals surface area contributed by atoms with Crippen molar-refractivity contribution in [1.82, 2.24) is 0 Å². The monoisotopic (exact) mass is 146 g/mol. The second-order valence-electron chi connectivity index (χ2n) is 3.05. The highest BCUT2D eigenvalue weighted by Crippen LogP contribution is 2.23. The average molecular weight is 146 g/mol. The van der Waals surface area contributed by atoms with Crippen LogP contribution in [-0.4, -0.2) is 0 Å². The summed E-state index contributed by atoms with van der Waals surface area (Å²) in [5.74, 6) is 0. The van der Waals surface area contributed by atoms with Crippen LogP contribution in [0.15, 0.2) is 18.2 Å². The van der Waals surface area contributed by atoms with Crippen LogP contribution >= 0.6 is 0 Å². The van der Waals surface area contributed by atoms with Crippen molar-refractivity contribution in [3.05, 3.63) is 35.9 Å². The molecule has 1 heterocycles. The van der Waals surface area contributed by atoms with E-state index in [1.807, 2.05) is 0 Å². The Balaban J connectivity index is 2.43. The predicted octanol–water partition coefficient (Wildman–Crippen LogP) is 2.51. The maximum Gasteiger partial charge on any atom is 0.0466 e. The Morgan fingerprint density at radius 1 is 1.36 bits per heavy atom. The van der Waals surface area contributed by atoms with E-state index in [0.29, 0.717) is 0 Å². The minimum absolute atomic E-state index is 1.15. The summed E-state index contributed by atoms with van der Waals surface area (Å²) in [7, 11) is 0. The first-order valence-electron chi connectivity index (χ1n) is 4.04. The van der Waals surface area contributed by atoms with Gasteiger partial charge >= 0.3 is 0 Å². The van der Waals surface area contributed by atoms with E-state index in [4.69, 9.17) is 0 Å². The van der Waals surface area contributed by atoms with E-state index < -0.39 is 0 Å². The fourth-order valence-electron chi connectivity index (χ4n) is 1.48. The largest absolute Gasteiger partial charge is 0.380 e. The molecule has 1 N–H and O–H groups in total. The molecule has 1 aromatic carbocycles. The van der Waals surface area contributed by atoms with Gasteiger partial charge in [-0.25, -0.2) is 0 Å². The predicted molar refractivity (Wildman–Crippen MR) is 47.4 cm³/mol. The molecule has 1 aliphatic rings. The van der Waals surface area contributed by atoms with Crippen LogP contribution in [0, 0.1) is 13.5 Å². The third-order valence-electron chi connectivity index (χ3n) is 2.08. The fraction of sp³-hybridized carbons (Fsp3) is 0.300. The summed E-state index contributed by atoms with van der Waals surface area (Å²) in [6, 6.07) is 6.56. The van der Waals surface area contributed by atoms with Crippen molar-refractivity contribution in [3.8, 4) is 0 Å². The molecule has 1 aromatic rings. The van der Waals surface area contributed by atoms with Gasteiger partial charge in [0.15, 0.2) is 0 Å². The van der Waals surface area contributed by atoms with Crippen molar-refractivity contribution >= 4 is 5.69 Å². The molecule has 0 atom stereocenters. The summed E-state index contributed by atoms with van der Waals surface area (Å²) in [5.41, 5.74) is 4.09. The van der Waals surface area contributed by atoms with Crippen LogP contribution in [0.1, 0.15) is 17.5 Å². The van der Waals surface area contributed by atoms with Gasteiger partial charge in [0.1, 0.15) is 0 Å². The number of aryl methyl sites for hydroxylation is 2. The maximum absolute atomic E-state index is 3.26. The van der Waals surface area contributed by atoms with Crippen LogP contribution in [0.4, 0.5) is 5.69 Å². The van der Waals surface area contributed by atoms with Gasteiger partial charge in [0, 0.05) is 12.2 Å². The van der Waals surface area contributed by atoms with Gasteiger partial charge in [-0.3, -0.25) is 0 Å². The Hall–Kier alpha value is -0.980. The molecule has 0 bridgehead atoms. The average Bonchev–Trinajstić information content (AvgIpc) is 2.04. The highest BCUT2D eigenvalue weighted by molar-refractivity contribution is 5.55. The second-order valence-corrected chi connectivity index (χ2v) is 3.05. The number of fused-ring (bicyclic) bond motifs is 1. The minimum atomic E-state index is 1.15. The van der Waals surface area contributed by atoms with Gasteiger partial charge in [0.2, 0.25) is 0 Å². The first-order chi connectivity index (χ1) is 5.36. The standard InChI is InChI=1S/C10H12N/c1-8-4-5-10-9(7-8)3-2-6-11-10/h4-7,11H,2-3H2,1H3. The number of rotatable bonds is 0. The summed E-state index contributed by atoms with van der Waals surface area (Å²) in [4.78, 5) is 0. The van der Waals surface area contributed by atoms with E-state index in [0.717, 1.165) is 6.42 Å². The molecule has 1 heteroatoms. The lowest BCUT2D eigenvalue weighted by molar-refractivity contribution is 0.907. The van der Waals surface area contributed by atoms with Crippen molar-refractivity contribution in [3.63, 3.8) is 0 Å². The van der Waals surface area contributed by atoms with Crippen LogP contribution in [-0.2, 0) is 6.42 Å². The molecule has 1 nitrogen and oxygen atoms in total. The number of benzene rings is 1. The summed E-state index contributed by atoms with van der Waals surface area (Å²) in [6.07, 6.45) is 2.33.